The van der Waals surface area contributed by atoms with Crippen LogP contribution in [0.1, 0.15) is 69.1 Å². The Balaban J connectivity index is 2.22. The summed E-state index contributed by atoms with van der Waals surface area (Å²) in [6.45, 7) is 6.03. The monoisotopic (exact) mass is 680 g/mol. The maximum Gasteiger partial charge on any atom is 0.170 e. The fraction of sp³-hybridized carbons (Fsp3) is 0.273. The summed E-state index contributed by atoms with van der Waals surface area (Å²) in [4.78, 5) is 0. The van der Waals surface area contributed by atoms with Gasteiger partial charge >= 0.3 is 0 Å². The summed E-state index contributed by atoms with van der Waals surface area (Å²) < 4.78 is 183. The average Bonchev–Trinajstić information content (AvgIpc) is 2.98. The van der Waals surface area contributed by atoms with Gasteiger partial charge in [0, 0.05) is 16.7 Å². The Morgan fingerprint density at radius 2 is 0.609 bits per heavy atom. The first-order chi connectivity index (χ1) is 21.4. The minimum atomic E-state index is -2.06. The molecular weight excluding hydrogens is 656 g/mol. The fourth-order valence-electron chi connectivity index (χ4n) is 5.30. The minimum Gasteiger partial charge on any atom is -0.203 e. The first-order valence-electron chi connectivity index (χ1n) is 13.7. The average molecular weight is 681 g/mol. The normalized spacial score (nSPS) is 12.5. The molecule has 0 aromatic heterocycles. The highest BCUT2D eigenvalue weighted by Crippen LogP contribution is 2.43. The van der Waals surface area contributed by atoms with E-state index in [1.54, 1.807) is 0 Å². The Morgan fingerprint density at radius 3 is 0.804 bits per heavy atom. The lowest BCUT2D eigenvalue weighted by atomic mass is 9.88. The molecule has 0 saturated heterocycles. The Labute approximate surface area is 261 Å². The van der Waals surface area contributed by atoms with Crippen LogP contribution in [0.15, 0.2) is 18.2 Å². The van der Waals surface area contributed by atoms with Gasteiger partial charge in [-0.1, -0.05) is 34.6 Å². The quantitative estimate of drug-likeness (QED) is 0.112. The van der Waals surface area contributed by atoms with Crippen molar-refractivity contribution in [3.63, 3.8) is 0 Å². The number of halogens is 12. The van der Waals surface area contributed by atoms with Gasteiger partial charge in [-0.3, -0.25) is 0 Å². The van der Waals surface area contributed by atoms with Crippen LogP contribution in [0.4, 0.5) is 52.7 Å². The molecule has 0 spiro atoms. The van der Waals surface area contributed by atoms with Gasteiger partial charge in [-0.2, -0.15) is 12.6 Å². The van der Waals surface area contributed by atoms with Crippen molar-refractivity contribution >= 4 is 12.6 Å². The third kappa shape index (κ3) is 5.54. The van der Waals surface area contributed by atoms with Crippen LogP contribution in [0.3, 0.4) is 0 Å². The standard InChI is InChI=1S/C33H24F12S/c1-10(2)16-22(34)28(40)19(29(41)23(16)35)13-6-14(20-30(42)24(36)17(11(3)4)25(37)31(20)43)8-15(7-13)21-32(44)26(38)18(12(5)9-46)27(39)33(21)45/h6-8,10-12,46H,9H2,1-5H3. The third-order valence-electron chi connectivity index (χ3n) is 7.61. The van der Waals surface area contributed by atoms with Gasteiger partial charge in [-0.15, -0.1) is 0 Å². The number of thiol groups is 1. The van der Waals surface area contributed by atoms with Crippen LogP contribution in [-0.2, 0) is 0 Å². The smallest absolute Gasteiger partial charge is 0.170 e. The number of benzene rings is 4. The van der Waals surface area contributed by atoms with E-state index in [0.717, 1.165) is 0 Å². The molecule has 46 heavy (non-hydrogen) atoms. The molecule has 0 nitrogen and oxygen atoms in total. The first kappa shape index (κ1) is 35.2. The van der Waals surface area contributed by atoms with Gasteiger partial charge in [-0.05, 0) is 58.4 Å². The molecule has 0 aliphatic carbocycles. The van der Waals surface area contributed by atoms with Crippen molar-refractivity contribution in [1.29, 1.82) is 0 Å². The molecule has 0 aliphatic rings. The van der Waals surface area contributed by atoms with E-state index >= 15 is 52.7 Å². The zero-order chi connectivity index (χ0) is 34.7. The molecule has 0 fully saturated rings. The van der Waals surface area contributed by atoms with Crippen LogP contribution >= 0.6 is 12.6 Å². The Hall–Kier alpha value is -3.61. The van der Waals surface area contributed by atoms with Crippen molar-refractivity contribution in [2.45, 2.75) is 52.4 Å². The summed E-state index contributed by atoms with van der Waals surface area (Å²) in [6, 6.07) is 1.31. The Morgan fingerprint density at radius 1 is 0.391 bits per heavy atom. The number of hydrogen-bond donors (Lipinski definition) is 1. The predicted octanol–water partition coefficient (Wildman–Crippen LogP) is 11.6. The number of rotatable bonds is 7. The van der Waals surface area contributed by atoms with Gasteiger partial charge in [0.15, 0.2) is 69.8 Å². The van der Waals surface area contributed by atoms with Crippen molar-refractivity contribution in [2.75, 3.05) is 5.75 Å². The topological polar surface area (TPSA) is 0 Å². The zero-order valence-corrected chi connectivity index (χ0v) is 25.5. The maximum absolute atomic E-state index is 15.5. The summed E-state index contributed by atoms with van der Waals surface area (Å²) in [7, 11) is 0. The van der Waals surface area contributed by atoms with Crippen molar-refractivity contribution < 1.29 is 52.7 Å². The van der Waals surface area contributed by atoms with Crippen LogP contribution in [-0.4, -0.2) is 5.75 Å². The molecule has 0 bridgehead atoms. The van der Waals surface area contributed by atoms with Gasteiger partial charge in [0.25, 0.3) is 0 Å². The van der Waals surface area contributed by atoms with Crippen molar-refractivity contribution in [3.8, 4) is 33.4 Å². The fourth-order valence-corrected chi connectivity index (χ4v) is 5.49. The SMILES string of the molecule is CC(C)c1c(F)c(F)c(-c2cc(-c3c(F)c(F)c(C(C)C)c(F)c3F)cc(-c3c(F)c(F)c(C(C)CS)c(F)c3F)c2)c(F)c1F. The molecule has 0 N–H and O–H groups in total. The summed E-state index contributed by atoms with van der Waals surface area (Å²) >= 11 is 3.86. The summed E-state index contributed by atoms with van der Waals surface area (Å²) in [6.07, 6.45) is 0. The van der Waals surface area contributed by atoms with Gasteiger partial charge in [-0.25, -0.2) is 52.7 Å². The second kappa shape index (κ2) is 12.9. The van der Waals surface area contributed by atoms with E-state index in [9.17, 15) is 0 Å². The van der Waals surface area contributed by atoms with Crippen LogP contribution < -0.4 is 0 Å². The van der Waals surface area contributed by atoms with E-state index in [4.69, 9.17) is 0 Å². The highest BCUT2D eigenvalue weighted by molar-refractivity contribution is 7.80. The zero-order valence-electron chi connectivity index (χ0n) is 24.7. The maximum atomic E-state index is 15.5. The molecule has 0 aliphatic heterocycles. The highest BCUT2D eigenvalue weighted by atomic mass is 32.1. The van der Waals surface area contributed by atoms with E-state index in [1.807, 2.05) is 0 Å². The van der Waals surface area contributed by atoms with Crippen molar-refractivity contribution in [1.82, 2.24) is 0 Å². The Bertz CT molecular complexity index is 1700. The molecule has 0 radical (unpaired) electrons. The lowest BCUT2D eigenvalue weighted by molar-refractivity contribution is 0.436. The molecule has 1 unspecified atom stereocenters. The molecule has 0 amide bonds. The van der Waals surface area contributed by atoms with Crippen LogP contribution in [0.2, 0.25) is 0 Å². The molecule has 13 heteroatoms. The predicted molar refractivity (Wildman–Crippen MR) is 153 cm³/mol. The van der Waals surface area contributed by atoms with Crippen LogP contribution in [0.25, 0.3) is 33.4 Å². The van der Waals surface area contributed by atoms with E-state index in [-0.39, 0.29) is 5.75 Å². The van der Waals surface area contributed by atoms with Crippen molar-refractivity contribution in [2.24, 2.45) is 0 Å². The molecule has 246 valence electrons. The van der Waals surface area contributed by atoms with E-state index in [1.165, 1.54) is 34.6 Å². The molecule has 4 aromatic carbocycles. The lowest BCUT2D eigenvalue weighted by Gasteiger charge is -2.19. The van der Waals surface area contributed by atoms with Gasteiger partial charge in [0.1, 0.15) is 0 Å². The van der Waals surface area contributed by atoms with Gasteiger partial charge in [0.2, 0.25) is 0 Å². The van der Waals surface area contributed by atoms with Gasteiger partial charge < -0.3 is 0 Å². The second-order valence-corrected chi connectivity index (χ2v) is 11.7. The summed E-state index contributed by atoms with van der Waals surface area (Å²) in [5.41, 5.74) is -10.9. The van der Waals surface area contributed by atoms with E-state index in [2.05, 4.69) is 12.6 Å². The summed E-state index contributed by atoms with van der Waals surface area (Å²) in [5, 5.41) is 0. The van der Waals surface area contributed by atoms with Crippen LogP contribution in [0, 0.1) is 69.8 Å². The lowest BCUT2D eigenvalue weighted by Crippen LogP contribution is -2.11. The minimum absolute atomic E-state index is 0.268. The van der Waals surface area contributed by atoms with E-state index < -0.39 is 138 Å². The van der Waals surface area contributed by atoms with Crippen LogP contribution in [0.5, 0.6) is 0 Å². The molecule has 1 atom stereocenters. The summed E-state index contributed by atoms with van der Waals surface area (Å²) in [5.74, 6) is -27.3. The van der Waals surface area contributed by atoms with E-state index in [0.29, 0.717) is 18.2 Å². The third-order valence-corrected chi connectivity index (χ3v) is 8.16. The first-order valence-corrected chi connectivity index (χ1v) is 14.4. The largest absolute Gasteiger partial charge is 0.203 e. The molecule has 0 saturated carbocycles. The molecule has 4 rings (SSSR count). The van der Waals surface area contributed by atoms with Crippen molar-refractivity contribution in [3.05, 3.63) is 105 Å². The van der Waals surface area contributed by atoms with Gasteiger partial charge in [0.05, 0.1) is 16.7 Å². The molecular formula is C33H24F12S. The molecule has 4 aromatic rings. The highest BCUT2D eigenvalue weighted by Gasteiger charge is 2.33. The Kier molecular flexibility index (Phi) is 9.87. The number of hydrogen-bond acceptors (Lipinski definition) is 1. The second-order valence-electron chi connectivity index (χ2n) is 11.3. The molecule has 0 heterocycles.